The smallest absolute Gasteiger partial charge is 0.231 e. The zero-order valence-corrected chi connectivity index (χ0v) is 12.0. The van der Waals surface area contributed by atoms with E-state index in [-0.39, 0.29) is 12.8 Å². The fraction of sp³-hybridized carbons (Fsp3) is 0.294. The second kappa shape index (κ2) is 6.06. The van der Waals surface area contributed by atoms with Gasteiger partial charge in [0.1, 0.15) is 5.75 Å². The fourth-order valence-corrected chi connectivity index (χ4v) is 2.51. The van der Waals surface area contributed by atoms with E-state index in [1.54, 1.807) is 0 Å². The quantitative estimate of drug-likeness (QED) is 0.917. The molecule has 2 aromatic rings. The van der Waals surface area contributed by atoms with Crippen molar-refractivity contribution in [3.8, 4) is 17.2 Å². The third kappa shape index (κ3) is 2.95. The van der Waals surface area contributed by atoms with Crippen LogP contribution in [0.2, 0.25) is 0 Å². The van der Waals surface area contributed by atoms with Gasteiger partial charge in [0.25, 0.3) is 0 Å². The van der Waals surface area contributed by atoms with Crippen LogP contribution < -0.4 is 19.9 Å². The molecular formula is C17H19NO3. The van der Waals surface area contributed by atoms with E-state index in [9.17, 15) is 0 Å². The first kappa shape index (κ1) is 13.8. The maximum Gasteiger partial charge on any atom is 0.231 e. The van der Waals surface area contributed by atoms with Crippen molar-refractivity contribution in [2.24, 2.45) is 5.73 Å². The largest absolute Gasteiger partial charge is 0.494 e. The second-order valence-corrected chi connectivity index (χ2v) is 4.97. The van der Waals surface area contributed by atoms with Crippen molar-refractivity contribution in [2.75, 3.05) is 13.4 Å². The minimum atomic E-state index is -0.117. The summed E-state index contributed by atoms with van der Waals surface area (Å²) >= 11 is 0. The zero-order chi connectivity index (χ0) is 14.7. The first-order valence-electron chi connectivity index (χ1n) is 7.13. The van der Waals surface area contributed by atoms with E-state index in [1.807, 2.05) is 49.4 Å². The number of ether oxygens (including phenoxy) is 3. The van der Waals surface area contributed by atoms with Crippen molar-refractivity contribution in [1.82, 2.24) is 0 Å². The molecule has 1 aliphatic heterocycles. The third-order valence-corrected chi connectivity index (χ3v) is 3.51. The summed E-state index contributed by atoms with van der Waals surface area (Å²) in [6, 6.07) is 13.7. The highest BCUT2D eigenvalue weighted by atomic mass is 16.7. The van der Waals surface area contributed by atoms with Crippen LogP contribution in [0.1, 0.15) is 24.1 Å². The highest BCUT2D eigenvalue weighted by Crippen LogP contribution is 2.34. The van der Waals surface area contributed by atoms with Gasteiger partial charge in [-0.1, -0.05) is 24.3 Å². The van der Waals surface area contributed by atoms with Crippen LogP contribution in [-0.4, -0.2) is 13.4 Å². The average Bonchev–Trinajstić information content (AvgIpc) is 2.95. The van der Waals surface area contributed by atoms with Crippen LogP contribution in [0, 0.1) is 0 Å². The maximum atomic E-state index is 6.35. The number of hydrogen-bond acceptors (Lipinski definition) is 4. The van der Waals surface area contributed by atoms with Crippen molar-refractivity contribution in [2.45, 2.75) is 19.4 Å². The SMILES string of the molecule is CCOc1ccccc1C(N)Cc1ccc2c(c1)OCO2. The molecular weight excluding hydrogens is 266 g/mol. The Morgan fingerprint density at radius 1 is 1.14 bits per heavy atom. The lowest BCUT2D eigenvalue weighted by atomic mass is 9.98. The molecule has 21 heavy (non-hydrogen) atoms. The molecule has 0 radical (unpaired) electrons. The highest BCUT2D eigenvalue weighted by molar-refractivity contribution is 5.45. The molecule has 0 aliphatic carbocycles. The Kier molecular flexibility index (Phi) is 3.97. The third-order valence-electron chi connectivity index (χ3n) is 3.51. The summed E-state index contributed by atoms with van der Waals surface area (Å²) in [6.07, 6.45) is 0.723. The monoisotopic (exact) mass is 285 g/mol. The van der Waals surface area contributed by atoms with E-state index >= 15 is 0 Å². The standard InChI is InChI=1S/C17H19NO3/c1-2-19-15-6-4-3-5-13(15)14(18)9-12-7-8-16-17(10-12)21-11-20-16/h3-8,10,14H,2,9,11,18H2,1H3. The number of benzene rings is 2. The summed E-state index contributed by atoms with van der Waals surface area (Å²) in [5.41, 5.74) is 8.50. The Labute approximate surface area is 124 Å². The van der Waals surface area contributed by atoms with Gasteiger partial charge in [0.15, 0.2) is 11.5 Å². The molecule has 0 aromatic heterocycles. The predicted molar refractivity (Wildman–Crippen MR) is 80.8 cm³/mol. The van der Waals surface area contributed by atoms with E-state index in [2.05, 4.69) is 0 Å². The lowest BCUT2D eigenvalue weighted by molar-refractivity contribution is 0.174. The Hall–Kier alpha value is -2.20. The maximum absolute atomic E-state index is 6.35. The minimum Gasteiger partial charge on any atom is -0.494 e. The Morgan fingerprint density at radius 3 is 2.81 bits per heavy atom. The zero-order valence-electron chi connectivity index (χ0n) is 12.0. The molecule has 3 rings (SSSR count). The van der Waals surface area contributed by atoms with E-state index in [1.165, 1.54) is 0 Å². The Morgan fingerprint density at radius 2 is 1.95 bits per heavy atom. The molecule has 0 saturated heterocycles. The number of fused-ring (bicyclic) bond motifs is 1. The number of nitrogens with two attached hydrogens (primary N) is 1. The van der Waals surface area contributed by atoms with E-state index < -0.39 is 0 Å². The Bertz CT molecular complexity index is 627. The van der Waals surface area contributed by atoms with E-state index in [0.717, 1.165) is 34.8 Å². The van der Waals surface area contributed by atoms with Crippen LogP contribution >= 0.6 is 0 Å². The van der Waals surface area contributed by atoms with Crippen LogP contribution in [-0.2, 0) is 6.42 Å². The predicted octanol–water partition coefficient (Wildman–Crippen LogP) is 3.06. The first-order chi connectivity index (χ1) is 10.3. The summed E-state index contributed by atoms with van der Waals surface area (Å²) in [5, 5.41) is 0. The van der Waals surface area contributed by atoms with E-state index in [4.69, 9.17) is 19.9 Å². The van der Waals surface area contributed by atoms with Crippen molar-refractivity contribution < 1.29 is 14.2 Å². The molecule has 0 bridgehead atoms. The first-order valence-corrected chi connectivity index (χ1v) is 7.13. The molecule has 0 saturated carbocycles. The van der Waals surface area contributed by atoms with Crippen LogP contribution in [0.15, 0.2) is 42.5 Å². The highest BCUT2D eigenvalue weighted by Gasteiger charge is 2.16. The molecule has 110 valence electrons. The molecule has 1 heterocycles. The van der Waals surface area contributed by atoms with Gasteiger partial charge in [0.05, 0.1) is 6.61 Å². The number of hydrogen-bond donors (Lipinski definition) is 1. The molecule has 0 spiro atoms. The topological polar surface area (TPSA) is 53.7 Å². The molecule has 1 unspecified atom stereocenters. The Balaban J connectivity index is 1.78. The van der Waals surface area contributed by atoms with Crippen LogP contribution in [0.25, 0.3) is 0 Å². The van der Waals surface area contributed by atoms with Crippen molar-refractivity contribution >= 4 is 0 Å². The van der Waals surface area contributed by atoms with Crippen LogP contribution in [0.5, 0.6) is 17.2 Å². The van der Waals surface area contributed by atoms with Gasteiger partial charge in [-0.25, -0.2) is 0 Å². The van der Waals surface area contributed by atoms with Crippen LogP contribution in [0.4, 0.5) is 0 Å². The molecule has 4 heteroatoms. The van der Waals surface area contributed by atoms with Gasteiger partial charge in [0.2, 0.25) is 6.79 Å². The fourth-order valence-electron chi connectivity index (χ4n) is 2.51. The van der Waals surface area contributed by atoms with Gasteiger partial charge in [-0.15, -0.1) is 0 Å². The van der Waals surface area contributed by atoms with Crippen molar-refractivity contribution in [3.63, 3.8) is 0 Å². The van der Waals surface area contributed by atoms with Gasteiger partial charge < -0.3 is 19.9 Å². The van der Waals surface area contributed by atoms with Crippen molar-refractivity contribution in [1.29, 1.82) is 0 Å². The van der Waals surface area contributed by atoms with Crippen molar-refractivity contribution in [3.05, 3.63) is 53.6 Å². The summed E-state index contributed by atoms with van der Waals surface area (Å²) in [6.45, 7) is 2.89. The van der Waals surface area contributed by atoms with Gasteiger partial charge >= 0.3 is 0 Å². The normalized spacial score (nSPS) is 14.0. The number of rotatable bonds is 5. The van der Waals surface area contributed by atoms with Crippen LogP contribution in [0.3, 0.4) is 0 Å². The van der Waals surface area contributed by atoms with E-state index in [0.29, 0.717) is 6.61 Å². The van der Waals surface area contributed by atoms with Gasteiger partial charge in [-0.2, -0.15) is 0 Å². The lowest BCUT2D eigenvalue weighted by Gasteiger charge is -2.16. The van der Waals surface area contributed by atoms with Gasteiger partial charge in [0, 0.05) is 11.6 Å². The number of para-hydroxylation sites is 1. The minimum absolute atomic E-state index is 0.117. The molecule has 0 amide bonds. The van der Waals surface area contributed by atoms with Gasteiger partial charge in [-0.3, -0.25) is 0 Å². The summed E-state index contributed by atoms with van der Waals surface area (Å²) in [4.78, 5) is 0. The summed E-state index contributed by atoms with van der Waals surface area (Å²) in [5.74, 6) is 2.44. The molecule has 1 atom stereocenters. The second-order valence-electron chi connectivity index (χ2n) is 4.97. The summed E-state index contributed by atoms with van der Waals surface area (Å²) in [7, 11) is 0. The molecule has 2 aromatic carbocycles. The average molecular weight is 285 g/mol. The molecule has 4 nitrogen and oxygen atoms in total. The lowest BCUT2D eigenvalue weighted by Crippen LogP contribution is -2.14. The molecule has 1 aliphatic rings. The van der Waals surface area contributed by atoms with Gasteiger partial charge in [-0.05, 0) is 37.1 Å². The summed E-state index contributed by atoms with van der Waals surface area (Å²) < 4.78 is 16.4. The molecule has 0 fully saturated rings. The molecule has 2 N–H and O–H groups in total.